The summed E-state index contributed by atoms with van der Waals surface area (Å²) in [6.45, 7) is 1.45. The molecule has 0 fully saturated rings. The molecule has 0 aliphatic rings. The summed E-state index contributed by atoms with van der Waals surface area (Å²) >= 11 is 5.64. The van der Waals surface area contributed by atoms with E-state index < -0.39 is 0 Å². The Labute approximate surface area is 74.1 Å². The van der Waals surface area contributed by atoms with Gasteiger partial charge in [0.15, 0.2) is 0 Å². The molecular formula is C7H9ClN2O2. The van der Waals surface area contributed by atoms with Gasteiger partial charge in [0.2, 0.25) is 0 Å². The quantitative estimate of drug-likeness (QED) is 0.735. The molecule has 0 atom stereocenters. The molecule has 1 heterocycles. The highest BCUT2D eigenvalue weighted by molar-refractivity contribution is 6.31. The van der Waals surface area contributed by atoms with E-state index in [1.165, 1.54) is 11.6 Å². The topological polar surface area (TPSA) is 54.9 Å². The van der Waals surface area contributed by atoms with Crippen LogP contribution in [-0.2, 0) is 18.3 Å². The fourth-order valence-electron chi connectivity index (χ4n) is 0.945. The summed E-state index contributed by atoms with van der Waals surface area (Å²) in [5.41, 5.74) is 0.185. The third-order valence-electron chi connectivity index (χ3n) is 1.49. The van der Waals surface area contributed by atoms with Crippen molar-refractivity contribution in [3.8, 4) is 0 Å². The number of rotatable bonds is 2. The molecule has 4 nitrogen and oxygen atoms in total. The Balaban J connectivity index is 3.10. The van der Waals surface area contributed by atoms with E-state index in [1.807, 2.05) is 0 Å². The molecule has 0 unspecified atom stereocenters. The van der Waals surface area contributed by atoms with Crippen LogP contribution in [0.1, 0.15) is 12.6 Å². The Morgan fingerprint density at radius 3 is 2.58 bits per heavy atom. The number of H-pyrrole nitrogens is 1. The Morgan fingerprint density at radius 2 is 2.25 bits per heavy atom. The number of aromatic amines is 1. The van der Waals surface area contributed by atoms with Crippen molar-refractivity contribution in [3.05, 3.63) is 21.1 Å². The van der Waals surface area contributed by atoms with E-state index in [0.717, 1.165) is 0 Å². The number of hydrogen-bond acceptors (Lipinski definition) is 2. The minimum Gasteiger partial charge on any atom is -0.300 e. The molecule has 1 aromatic heterocycles. The zero-order valence-corrected chi connectivity index (χ0v) is 7.60. The number of Topliss-reactive ketones (excluding diaryl/α,β-unsaturated/α-hetero) is 1. The van der Waals surface area contributed by atoms with Crippen LogP contribution in [0.15, 0.2) is 4.79 Å². The molecule has 0 saturated heterocycles. The van der Waals surface area contributed by atoms with Crippen LogP contribution in [0, 0.1) is 0 Å². The number of nitrogens with one attached hydrogen (secondary N) is 1. The van der Waals surface area contributed by atoms with Crippen LogP contribution in [0.2, 0.25) is 5.02 Å². The van der Waals surface area contributed by atoms with E-state index in [-0.39, 0.29) is 22.8 Å². The maximum Gasteiger partial charge on any atom is 0.285 e. The van der Waals surface area contributed by atoms with E-state index in [4.69, 9.17) is 11.6 Å². The van der Waals surface area contributed by atoms with Crippen molar-refractivity contribution in [2.75, 3.05) is 0 Å². The molecule has 0 aliphatic carbocycles. The van der Waals surface area contributed by atoms with Gasteiger partial charge in [0.25, 0.3) is 5.56 Å². The first-order valence-corrected chi connectivity index (χ1v) is 3.83. The average molecular weight is 189 g/mol. The Morgan fingerprint density at radius 1 is 1.67 bits per heavy atom. The molecule has 1 aromatic rings. The molecule has 0 aromatic carbocycles. The van der Waals surface area contributed by atoms with Gasteiger partial charge >= 0.3 is 0 Å². The fraction of sp³-hybridized carbons (Fsp3) is 0.429. The van der Waals surface area contributed by atoms with E-state index in [0.29, 0.717) is 5.69 Å². The van der Waals surface area contributed by atoms with Crippen molar-refractivity contribution in [2.45, 2.75) is 13.3 Å². The smallest absolute Gasteiger partial charge is 0.285 e. The van der Waals surface area contributed by atoms with E-state index in [1.54, 1.807) is 7.05 Å². The molecule has 66 valence electrons. The molecule has 0 bridgehead atoms. The molecule has 0 amide bonds. The number of aromatic nitrogens is 2. The van der Waals surface area contributed by atoms with Crippen LogP contribution >= 0.6 is 11.6 Å². The second kappa shape index (κ2) is 3.15. The predicted molar refractivity (Wildman–Crippen MR) is 45.4 cm³/mol. The average Bonchev–Trinajstić information content (AvgIpc) is 2.17. The Bertz CT molecular complexity index is 364. The minimum atomic E-state index is -0.298. The number of ketones is 1. The minimum absolute atomic E-state index is 0.0289. The SMILES string of the molecule is CC(=O)Cc1[nH]n(C)c(=O)c1Cl. The zero-order chi connectivity index (χ0) is 9.30. The molecule has 1 N–H and O–H groups in total. The van der Waals surface area contributed by atoms with E-state index >= 15 is 0 Å². The molecule has 0 spiro atoms. The first-order valence-electron chi connectivity index (χ1n) is 3.45. The first kappa shape index (κ1) is 9.06. The lowest BCUT2D eigenvalue weighted by molar-refractivity contribution is -0.116. The Hall–Kier alpha value is -1.03. The van der Waals surface area contributed by atoms with Gasteiger partial charge in [-0.15, -0.1) is 0 Å². The van der Waals surface area contributed by atoms with Crippen LogP contribution in [0.3, 0.4) is 0 Å². The highest BCUT2D eigenvalue weighted by atomic mass is 35.5. The van der Waals surface area contributed by atoms with Gasteiger partial charge in [-0.2, -0.15) is 0 Å². The lowest BCUT2D eigenvalue weighted by atomic mass is 10.2. The number of nitrogens with zero attached hydrogens (tertiary/aromatic N) is 1. The molecule has 5 heteroatoms. The van der Waals surface area contributed by atoms with Crippen molar-refractivity contribution in [1.82, 2.24) is 9.78 Å². The zero-order valence-electron chi connectivity index (χ0n) is 6.85. The molecular weight excluding hydrogens is 180 g/mol. The van der Waals surface area contributed by atoms with Crippen molar-refractivity contribution >= 4 is 17.4 Å². The summed E-state index contributed by atoms with van der Waals surface area (Å²) in [6, 6.07) is 0. The van der Waals surface area contributed by atoms with Crippen LogP contribution in [0.4, 0.5) is 0 Å². The summed E-state index contributed by atoms with van der Waals surface area (Å²) in [4.78, 5) is 21.8. The highest BCUT2D eigenvalue weighted by Crippen LogP contribution is 2.08. The number of carbonyl (C=O) groups is 1. The molecule has 12 heavy (non-hydrogen) atoms. The van der Waals surface area contributed by atoms with Crippen LogP contribution in [0.5, 0.6) is 0 Å². The summed E-state index contributed by atoms with van der Waals surface area (Å²) in [5.74, 6) is -0.0289. The van der Waals surface area contributed by atoms with Gasteiger partial charge < -0.3 is 0 Å². The van der Waals surface area contributed by atoms with Gasteiger partial charge in [-0.05, 0) is 6.92 Å². The van der Waals surface area contributed by atoms with E-state index in [9.17, 15) is 9.59 Å². The molecule has 0 aliphatic heterocycles. The number of hydrogen-bond donors (Lipinski definition) is 1. The monoisotopic (exact) mass is 188 g/mol. The van der Waals surface area contributed by atoms with Crippen molar-refractivity contribution in [1.29, 1.82) is 0 Å². The summed E-state index contributed by atoms with van der Waals surface area (Å²) in [7, 11) is 1.55. The van der Waals surface area contributed by atoms with Crippen LogP contribution in [0.25, 0.3) is 0 Å². The summed E-state index contributed by atoms with van der Waals surface area (Å²) in [5, 5.41) is 2.80. The van der Waals surface area contributed by atoms with Gasteiger partial charge in [0, 0.05) is 13.5 Å². The third kappa shape index (κ3) is 1.58. The molecule has 0 saturated carbocycles. The van der Waals surface area contributed by atoms with Crippen LogP contribution in [-0.4, -0.2) is 15.6 Å². The molecule has 0 radical (unpaired) electrons. The lowest BCUT2D eigenvalue weighted by Gasteiger charge is -1.91. The predicted octanol–water partition coefficient (Wildman–Crippen LogP) is 0.498. The largest absolute Gasteiger partial charge is 0.300 e. The van der Waals surface area contributed by atoms with Gasteiger partial charge in [0.05, 0.1) is 5.69 Å². The van der Waals surface area contributed by atoms with Crippen molar-refractivity contribution < 1.29 is 4.79 Å². The van der Waals surface area contributed by atoms with Gasteiger partial charge in [-0.25, -0.2) is 0 Å². The highest BCUT2D eigenvalue weighted by Gasteiger charge is 2.10. The van der Waals surface area contributed by atoms with Gasteiger partial charge in [0.1, 0.15) is 10.8 Å². The van der Waals surface area contributed by atoms with Gasteiger partial charge in [-0.3, -0.25) is 19.4 Å². The van der Waals surface area contributed by atoms with Crippen molar-refractivity contribution in [2.24, 2.45) is 7.05 Å². The van der Waals surface area contributed by atoms with Crippen molar-refractivity contribution in [3.63, 3.8) is 0 Å². The molecule has 1 rings (SSSR count). The van der Waals surface area contributed by atoms with Crippen LogP contribution < -0.4 is 5.56 Å². The second-order valence-corrected chi connectivity index (χ2v) is 3.03. The fourth-order valence-corrected chi connectivity index (χ4v) is 1.18. The summed E-state index contributed by atoms with van der Waals surface area (Å²) in [6.07, 6.45) is 0.176. The Kier molecular flexibility index (Phi) is 2.38. The number of aryl methyl sites for hydroxylation is 1. The number of halogens is 1. The number of carbonyl (C=O) groups excluding carboxylic acids is 1. The lowest BCUT2D eigenvalue weighted by Crippen LogP contribution is -2.11. The maximum absolute atomic E-state index is 11.1. The van der Waals surface area contributed by atoms with E-state index in [2.05, 4.69) is 5.10 Å². The summed E-state index contributed by atoms with van der Waals surface area (Å²) < 4.78 is 1.25. The second-order valence-electron chi connectivity index (χ2n) is 2.65. The first-order chi connectivity index (χ1) is 5.52. The standard InChI is InChI=1S/C7H9ClN2O2/c1-4(11)3-5-6(8)7(12)10(2)9-5/h9H,3H2,1-2H3. The normalized spacial score (nSPS) is 10.2. The van der Waals surface area contributed by atoms with Gasteiger partial charge in [-0.1, -0.05) is 11.6 Å². The third-order valence-corrected chi connectivity index (χ3v) is 1.88. The maximum atomic E-state index is 11.1.